The minimum absolute atomic E-state index is 0.0170. The van der Waals surface area contributed by atoms with Crippen LogP contribution in [0.3, 0.4) is 0 Å². The Morgan fingerprint density at radius 2 is 1.89 bits per heavy atom. The number of amides is 1. The number of carbonyl (C=O) groups is 1. The first-order chi connectivity index (χ1) is 13.4. The molecule has 1 aromatic carbocycles. The predicted molar refractivity (Wildman–Crippen MR) is 108 cm³/mol. The van der Waals surface area contributed by atoms with E-state index in [2.05, 4.69) is 19.2 Å². The van der Waals surface area contributed by atoms with Gasteiger partial charge in [0, 0.05) is 6.42 Å². The van der Waals surface area contributed by atoms with Gasteiger partial charge in [0.1, 0.15) is 11.5 Å². The summed E-state index contributed by atoms with van der Waals surface area (Å²) in [5.74, 6) is 3.48. The van der Waals surface area contributed by atoms with Gasteiger partial charge in [-0.2, -0.15) is 0 Å². The van der Waals surface area contributed by atoms with E-state index in [1.165, 1.54) is 0 Å². The minimum atomic E-state index is -0.0936. The molecule has 1 aliphatic heterocycles. The number of fused-ring (bicyclic) bond motifs is 1. The van der Waals surface area contributed by atoms with E-state index >= 15 is 0 Å². The lowest BCUT2D eigenvalue weighted by molar-refractivity contribution is -0.123. The van der Waals surface area contributed by atoms with Crippen molar-refractivity contribution in [3.8, 4) is 11.5 Å². The highest BCUT2D eigenvalue weighted by molar-refractivity contribution is 5.78. The number of hydrogen-bond acceptors (Lipinski definition) is 5. The van der Waals surface area contributed by atoms with Gasteiger partial charge < -0.3 is 19.2 Å². The highest BCUT2D eigenvalue weighted by Gasteiger charge is 2.22. The van der Waals surface area contributed by atoms with Crippen LogP contribution in [0.15, 0.2) is 34.7 Å². The van der Waals surface area contributed by atoms with Gasteiger partial charge >= 0.3 is 0 Å². The third kappa shape index (κ3) is 5.29. The average Bonchev–Trinajstić information content (AvgIpc) is 2.90. The second kappa shape index (κ2) is 9.15. The second-order valence-corrected chi connectivity index (χ2v) is 7.73. The highest BCUT2D eigenvalue weighted by atomic mass is 16.5. The first-order valence-electron chi connectivity index (χ1n) is 9.85. The number of benzene rings is 1. The number of rotatable bonds is 7. The molecule has 0 saturated carbocycles. The fraction of sp³-hybridized carbons (Fsp3) is 0.500. The van der Waals surface area contributed by atoms with Crippen LogP contribution >= 0.6 is 0 Å². The molecule has 1 aromatic heterocycles. The van der Waals surface area contributed by atoms with Gasteiger partial charge in [-0.15, -0.1) is 0 Å². The molecule has 1 unspecified atom stereocenters. The molecule has 1 amide bonds. The fourth-order valence-electron chi connectivity index (χ4n) is 3.36. The van der Waals surface area contributed by atoms with Gasteiger partial charge in [-0.3, -0.25) is 9.69 Å². The van der Waals surface area contributed by atoms with Crippen LogP contribution in [-0.4, -0.2) is 37.6 Å². The van der Waals surface area contributed by atoms with Crippen LogP contribution in [0.1, 0.15) is 43.4 Å². The Morgan fingerprint density at radius 3 is 2.57 bits per heavy atom. The monoisotopic (exact) mass is 386 g/mol. The lowest BCUT2D eigenvalue weighted by atomic mass is 9.95. The van der Waals surface area contributed by atoms with Crippen molar-refractivity contribution in [1.29, 1.82) is 0 Å². The fourth-order valence-corrected chi connectivity index (χ4v) is 3.36. The van der Waals surface area contributed by atoms with Crippen LogP contribution in [0.5, 0.6) is 11.5 Å². The van der Waals surface area contributed by atoms with Crippen molar-refractivity contribution in [2.24, 2.45) is 5.92 Å². The quantitative estimate of drug-likeness (QED) is 0.786. The average molecular weight is 386 g/mol. The number of aryl methyl sites for hydroxylation is 1. The van der Waals surface area contributed by atoms with Gasteiger partial charge in [-0.05, 0) is 49.7 Å². The lowest BCUT2D eigenvalue weighted by Crippen LogP contribution is -2.38. The van der Waals surface area contributed by atoms with Crippen molar-refractivity contribution < 1.29 is 18.7 Å². The smallest absolute Gasteiger partial charge is 0.234 e. The number of ether oxygens (including phenoxy) is 2. The van der Waals surface area contributed by atoms with Crippen LogP contribution in [0.2, 0.25) is 0 Å². The van der Waals surface area contributed by atoms with Crippen LogP contribution in [0.25, 0.3) is 0 Å². The van der Waals surface area contributed by atoms with Crippen LogP contribution < -0.4 is 14.8 Å². The van der Waals surface area contributed by atoms with E-state index in [1.807, 2.05) is 49.2 Å². The van der Waals surface area contributed by atoms with E-state index < -0.39 is 0 Å². The van der Waals surface area contributed by atoms with Gasteiger partial charge in [0.2, 0.25) is 5.91 Å². The molecule has 6 heteroatoms. The molecule has 1 atom stereocenters. The maximum Gasteiger partial charge on any atom is 0.234 e. The molecule has 6 nitrogen and oxygen atoms in total. The number of nitrogens with zero attached hydrogens (tertiary/aromatic N) is 1. The van der Waals surface area contributed by atoms with Crippen molar-refractivity contribution in [2.75, 3.05) is 26.8 Å². The van der Waals surface area contributed by atoms with E-state index in [0.717, 1.165) is 35.0 Å². The molecular weight excluding hydrogens is 356 g/mol. The van der Waals surface area contributed by atoms with E-state index in [-0.39, 0.29) is 17.9 Å². The van der Waals surface area contributed by atoms with Crippen LogP contribution in [0, 0.1) is 12.8 Å². The Bertz CT molecular complexity index is 800. The number of hydrogen-bond donors (Lipinski definition) is 1. The molecule has 2 heterocycles. The third-order valence-corrected chi connectivity index (χ3v) is 4.75. The summed E-state index contributed by atoms with van der Waals surface area (Å²) >= 11 is 0. The van der Waals surface area contributed by atoms with E-state index in [9.17, 15) is 4.79 Å². The van der Waals surface area contributed by atoms with Crippen molar-refractivity contribution in [3.63, 3.8) is 0 Å². The summed E-state index contributed by atoms with van der Waals surface area (Å²) in [6.45, 7) is 8.32. The van der Waals surface area contributed by atoms with Crippen molar-refractivity contribution in [1.82, 2.24) is 10.2 Å². The van der Waals surface area contributed by atoms with E-state index in [4.69, 9.17) is 13.9 Å². The second-order valence-electron chi connectivity index (χ2n) is 7.73. The summed E-state index contributed by atoms with van der Waals surface area (Å²) in [6, 6.07) is 9.71. The SMILES string of the molecule is Cc1ccc(CN(C)CC(=O)NC(c2ccc3c(c2)OCCCO3)C(C)C)o1. The zero-order valence-electron chi connectivity index (χ0n) is 17.2. The zero-order chi connectivity index (χ0) is 20.1. The van der Waals surface area contributed by atoms with E-state index in [0.29, 0.717) is 26.3 Å². The first kappa shape index (κ1) is 20.3. The van der Waals surface area contributed by atoms with E-state index in [1.54, 1.807) is 0 Å². The Balaban J connectivity index is 1.64. The molecule has 0 bridgehead atoms. The molecule has 0 fully saturated rings. The van der Waals surface area contributed by atoms with Gasteiger partial charge in [-0.25, -0.2) is 0 Å². The molecule has 1 N–H and O–H groups in total. The zero-order valence-corrected chi connectivity index (χ0v) is 17.2. The third-order valence-electron chi connectivity index (χ3n) is 4.75. The van der Waals surface area contributed by atoms with Crippen molar-refractivity contribution in [3.05, 3.63) is 47.4 Å². The van der Waals surface area contributed by atoms with Gasteiger partial charge in [0.05, 0.1) is 32.3 Å². The molecule has 152 valence electrons. The largest absolute Gasteiger partial charge is 0.490 e. The maximum atomic E-state index is 12.6. The van der Waals surface area contributed by atoms with Crippen molar-refractivity contribution in [2.45, 2.75) is 39.8 Å². The molecule has 0 spiro atoms. The summed E-state index contributed by atoms with van der Waals surface area (Å²) < 4.78 is 17.1. The van der Waals surface area contributed by atoms with Gasteiger partial charge in [0.25, 0.3) is 0 Å². The molecule has 0 aliphatic carbocycles. The van der Waals surface area contributed by atoms with Gasteiger partial charge in [-0.1, -0.05) is 19.9 Å². The summed E-state index contributed by atoms with van der Waals surface area (Å²) in [6.07, 6.45) is 0.871. The molecule has 28 heavy (non-hydrogen) atoms. The summed E-state index contributed by atoms with van der Waals surface area (Å²) in [5.41, 5.74) is 1.02. The molecule has 0 saturated heterocycles. The Hall–Kier alpha value is -2.47. The molecule has 3 rings (SSSR count). The van der Waals surface area contributed by atoms with Gasteiger partial charge in [0.15, 0.2) is 11.5 Å². The summed E-state index contributed by atoms with van der Waals surface area (Å²) in [5, 5.41) is 3.17. The normalized spacial score (nSPS) is 14.8. The first-order valence-corrected chi connectivity index (χ1v) is 9.85. The van der Waals surface area contributed by atoms with Crippen molar-refractivity contribution >= 4 is 5.91 Å². The van der Waals surface area contributed by atoms with Crippen LogP contribution in [-0.2, 0) is 11.3 Å². The standard InChI is InChI=1S/C22H30N2O4/c1-15(2)22(17-7-9-19-20(12-17)27-11-5-10-26-19)23-21(25)14-24(4)13-18-8-6-16(3)28-18/h6-9,12,15,22H,5,10-11,13-14H2,1-4H3,(H,23,25). The lowest BCUT2D eigenvalue weighted by Gasteiger charge is -2.25. The molecular formula is C22H30N2O4. The Kier molecular flexibility index (Phi) is 6.62. The Labute approximate surface area is 166 Å². The molecule has 0 radical (unpaired) electrons. The number of likely N-dealkylation sites (N-methyl/N-ethyl adjacent to an activating group) is 1. The summed E-state index contributed by atoms with van der Waals surface area (Å²) in [4.78, 5) is 14.6. The minimum Gasteiger partial charge on any atom is -0.490 e. The number of nitrogens with one attached hydrogen (secondary N) is 1. The Morgan fingerprint density at radius 1 is 1.14 bits per heavy atom. The molecule has 1 aliphatic rings. The van der Waals surface area contributed by atoms with Crippen LogP contribution in [0.4, 0.5) is 0 Å². The predicted octanol–water partition coefficient (Wildman–Crippen LogP) is 3.69. The summed E-state index contributed by atoms with van der Waals surface area (Å²) in [7, 11) is 1.91. The maximum absolute atomic E-state index is 12.6. The number of carbonyl (C=O) groups excluding carboxylic acids is 1. The topological polar surface area (TPSA) is 63.9 Å². The highest BCUT2D eigenvalue weighted by Crippen LogP contribution is 2.34. The molecule has 2 aromatic rings. The number of furan rings is 1.